The fourth-order valence-electron chi connectivity index (χ4n) is 4.46. The summed E-state index contributed by atoms with van der Waals surface area (Å²) in [6.07, 6.45) is 0.488. The maximum absolute atomic E-state index is 12.6. The van der Waals surface area contributed by atoms with Crippen LogP contribution in [0.2, 0.25) is 0 Å². The minimum atomic E-state index is -0.366. The van der Waals surface area contributed by atoms with E-state index in [0.717, 1.165) is 11.3 Å². The maximum atomic E-state index is 12.6. The van der Waals surface area contributed by atoms with Gasteiger partial charge in [-0.3, -0.25) is 24.1 Å². The lowest BCUT2D eigenvalue weighted by Crippen LogP contribution is -2.41. The summed E-state index contributed by atoms with van der Waals surface area (Å²) in [5.74, 6) is -1.22. The van der Waals surface area contributed by atoms with Gasteiger partial charge >= 0.3 is 0 Å². The zero-order valence-corrected chi connectivity index (χ0v) is 16.7. The van der Waals surface area contributed by atoms with Crippen LogP contribution in [-0.4, -0.2) is 60.9 Å². The molecule has 3 aliphatic heterocycles. The van der Waals surface area contributed by atoms with Gasteiger partial charge in [-0.2, -0.15) is 0 Å². The number of anilines is 1. The molecule has 1 N–H and O–H groups in total. The Morgan fingerprint density at radius 3 is 2.26 bits per heavy atom. The SMILES string of the molecule is O=C1N[C@H](CN2C(=O)c3ccccc3C2=O)C[C@H]1c1ccc(N2CCOCC2=O)cc1. The first-order valence-corrected chi connectivity index (χ1v) is 10.3. The van der Waals surface area contributed by atoms with Crippen LogP contribution in [0.3, 0.4) is 0 Å². The van der Waals surface area contributed by atoms with Gasteiger partial charge in [-0.15, -0.1) is 0 Å². The first-order valence-electron chi connectivity index (χ1n) is 10.3. The van der Waals surface area contributed by atoms with Crippen molar-refractivity contribution in [1.29, 1.82) is 0 Å². The highest BCUT2D eigenvalue weighted by molar-refractivity contribution is 6.21. The van der Waals surface area contributed by atoms with Crippen LogP contribution in [0.1, 0.15) is 38.6 Å². The molecular formula is C23H21N3O5. The lowest BCUT2D eigenvalue weighted by Gasteiger charge is -2.27. The Morgan fingerprint density at radius 1 is 0.935 bits per heavy atom. The average molecular weight is 419 g/mol. The molecule has 2 atom stereocenters. The van der Waals surface area contributed by atoms with Crippen LogP contribution >= 0.6 is 0 Å². The quantitative estimate of drug-likeness (QED) is 0.754. The van der Waals surface area contributed by atoms with Gasteiger partial charge in [0, 0.05) is 24.8 Å². The van der Waals surface area contributed by atoms with E-state index in [1.807, 2.05) is 24.3 Å². The lowest BCUT2D eigenvalue weighted by molar-refractivity contribution is -0.125. The van der Waals surface area contributed by atoms with Crippen LogP contribution in [0.5, 0.6) is 0 Å². The number of morpholine rings is 1. The van der Waals surface area contributed by atoms with Gasteiger partial charge in [-0.1, -0.05) is 24.3 Å². The molecule has 3 aliphatic rings. The number of imide groups is 1. The molecule has 158 valence electrons. The van der Waals surface area contributed by atoms with Crippen molar-refractivity contribution >= 4 is 29.3 Å². The van der Waals surface area contributed by atoms with Crippen molar-refractivity contribution in [1.82, 2.24) is 10.2 Å². The summed E-state index contributed by atoms with van der Waals surface area (Å²) < 4.78 is 5.16. The van der Waals surface area contributed by atoms with Crippen LogP contribution in [0.15, 0.2) is 48.5 Å². The molecule has 2 aromatic rings. The van der Waals surface area contributed by atoms with E-state index in [0.29, 0.717) is 30.7 Å². The number of carbonyl (C=O) groups is 4. The van der Waals surface area contributed by atoms with Crippen molar-refractivity contribution in [3.8, 4) is 0 Å². The molecule has 31 heavy (non-hydrogen) atoms. The van der Waals surface area contributed by atoms with E-state index in [2.05, 4.69) is 5.32 Å². The van der Waals surface area contributed by atoms with Gasteiger partial charge in [0.2, 0.25) is 5.91 Å². The molecule has 0 aromatic heterocycles. The molecule has 2 saturated heterocycles. The summed E-state index contributed by atoms with van der Waals surface area (Å²) >= 11 is 0. The van der Waals surface area contributed by atoms with Gasteiger partial charge in [0.05, 0.1) is 23.7 Å². The van der Waals surface area contributed by atoms with E-state index in [1.165, 1.54) is 4.90 Å². The zero-order valence-electron chi connectivity index (χ0n) is 16.7. The van der Waals surface area contributed by atoms with Crippen LogP contribution < -0.4 is 10.2 Å². The number of amides is 4. The Morgan fingerprint density at radius 2 is 1.61 bits per heavy atom. The molecule has 0 radical (unpaired) electrons. The van der Waals surface area contributed by atoms with Crippen LogP contribution in [0, 0.1) is 0 Å². The van der Waals surface area contributed by atoms with Gasteiger partial charge in [-0.25, -0.2) is 0 Å². The Bertz CT molecular complexity index is 1050. The van der Waals surface area contributed by atoms with Gasteiger partial charge < -0.3 is 15.0 Å². The van der Waals surface area contributed by atoms with E-state index in [1.54, 1.807) is 29.2 Å². The second kappa shape index (κ2) is 7.63. The molecule has 2 aromatic carbocycles. The standard InChI is InChI=1S/C23H21N3O5/c27-20-13-31-10-9-25(20)16-7-5-14(6-8-16)19-11-15(24-21(19)28)12-26-22(29)17-3-1-2-4-18(17)23(26)30/h1-8,15,19H,9-13H2,(H,24,28)/t15-,19-/m0/s1. The summed E-state index contributed by atoms with van der Waals surface area (Å²) in [7, 11) is 0. The Labute approximate surface area is 178 Å². The van der Waals surface area contributed by atoms with Gasteiger partial charge in [0.15, 0.2) is 0 Å². The number of ether oxygens (including phenoxy) is 1. The molecule has 2 fully saturated rings. The fraction of sp³-hybridized carbons (Fsp3) is 0.304. The number of carbonyl (C=O) groups excluding carboxylic acids is 4. The third kappa shape index (κ3) is 3.38. The smallest absolute Gasteiger partial charge is 0.261 e. The molecule has 0 bridgehead atoms. The minimum absolute atomic E-state index is 0.0757. The first-order chi connectivity index (χ1) is 15.0. The molecule has 5 rings (SSSR count). The normalized spacial score (nSPS) is 23.4. The van der Waals surface area contributed by atoms with E-state index in [-0.39, 0.29) is 48.7 Å². The molecule has 0 aliphatic carbocycles. The average Bonchev–Trinajstić information content (AvgIpc) is 3.27. The number of nitrogens with one attached hydrogen (secondary N) is 1. The van der Waals surface area contributed by atoms with E-state index >= 15 is 0 Å². The van der Waals surface area contributed by atoms with Crippen molar-refractivity contribution in [2.24, 2.45) is 0 Å². The topological polar surface area (TPSA) is 96.0 Å². The monoisotopic (exact) mass is 419 g/mol. The maximum Gasteiger partial charge on any atom is 0.261 e. The van der Waals surface area contributed by atoms with Crippen molar-refractivity contribution in [3.63, 3.8) is 0 Å². The third-order valence-corrected chi connectivity index (χ3v) is 6.06. The van der Waals surface area contributed by atoms with Crippen molar-refractivity contribution in [3.05, 3.63) is 65.2 Å². The van der Waals surface area contributed by atoms with E-state index < -0.39 is 0 Å². The minimum Gasteiger partial charge on any atom is -0.370 e. The summed E-state index contributed by atoms with van der Waals surface area (Å²) in [4.78, 5) is 52.7. The molecule has 0 saturated carbocycles. The highest BCUT2D eigenvalue weighted by atomic mass is 16.5. The second-order valence-corrected chi connectivity index (χ2v) is 7.95. The molecule has 4 amide bonds. The number of nitrogens with zero attached hydrogens (tertiary/aromatic N) is 2. The van der Waals surface area contributed by atoms with E-state index in [9.17, 15) is 19.2 Å². The number of fused-ring (bicyclic) bond motifs is 1. The Kier molecular flexibility index (Phi) is 4.78. The number of hydrogen-bond acceptors (Lipinski definition) is 5. The van der Waals surface area contributed by atoms with Crippen LogP contribution in [-0.2, 0) is 14.3 Å². The zero-order chi connectivity index (χ0) is 21.5. The highest BCUT2D eigenvalue weighted by Gasteiger charge is 2.40. The largest absolute Gasteiger partial charge is 0.370 e. The second-order valence-electron chi connectivity index (χ2n) is 7.95. The molecule has 0 unspecified atom stereocenters. The highest BCUT2D eigenvalue weighted by Crippen LogP contribution is 2.31. The molecule has 3 heterocycles. The van der Waals surface area contributed by atoms with Gasteiger partial charge in [0.1, 0.15) is 6.61 Å². The predicted octanol–water partition coefficient (Wildman–Crippen LogP) is 1.32. The first kappa shape index (κ1) is 19.4. The van der Waals surface area contributed by atoms with Gasteiger partial charge in [-0.05, 0) is 36.2 Å². The third-order valence-electron chi connectivity index (χ3n) is 6.06. The molecular weight excluding hydrogens is 398 g/mol. The van der Waals surface area contributed by atoms with Crippen LogP contribution in [0.4, 0.5) is 5.69 Å². The Balaban J connectivity index is 1.27. The van der Waals surface area contributed by atoms with E-state index in [4.69, 9.17) is 4.74 Å². The number of rotatable bonds is 4. The number of hydrogen-bond donors (Lipinski definition) is 1. The van der Waals surface area contributed by atoms with Crippen LogP contribution in [0.25, 0.3) is 0 Å². The van der Waals surface area contributed by atoms with Crippen molar-refractivity contribution < 1.29 is 23.9 Å². The number of benzene rings is 2. The lowest BCUT2D eigenvalue weighted by atomic mass is 9.95. The summed E-state index contributed by atoms with van der Waals surface area (Å²) in [6.45, 7) is 1.23. The summed E-state index contributed by atoms with van der Waals surface area (Å²) in [6, 6.07) is 13.8. The fourth-order valence-corrected chi connectivity index (χ4v) is 4.46. The summed E-state index contributed by atoms with van der Waals surface area (Å²) in [5, 5.41) is 2.92. The molecule has 8 heteroatoms. The summed E-state index contributed by atoms with van der Waals surface area (Å²) in [5.41, 5.74) is 2.42. The van der Waals surface area contributed by atoms with Crippen molar-refractivity contribution in [2.75, 3.05) is 31.2 Å². The molecule has 8 nitrogen and oxygen atoms in total. The Hall–Kier alpha value is -3.52. The van der Waals surface area contributed by atoms with Gasteiger partial charge in [0.25, 0.3) is 17.7 Å². The van der Waals surface area contributed by atoms with Crippen molar-refractivity contribution in [2.45, 2.75) is 18.4 Å². The molecule has 0 spiro atoms. The predicted molar refractivity (Wildman–Crippen MR) is 111 cm³/mol.